The molecule has 0 aliphatic heterocycles. The molecule has 4 rings (SSSR count). The molecular formula is C14H8FN3O2. The molecule has 98 valence electrons. The number of oxazole rings is 1. The summed E-state index contributed by atoms with van der Waals surface area (Å²) in [6.45, 7) is 0. The first-order valence-corrected chi connectivity index (χ1v) is 5.96. The molecule has 1 N–H and O–H groups in total. The molecular weight excluding hydrogens is 261 g/mol. The summed E-state index contributed by atoms with van der Waals surface area (Å²) in [4.78, 5) is 18.1. The molecule has 0 saturated heterocycles. The summed E-state index contributed by atoms with van der Waals surface area (Å²) in [5, 5.41) is 0. The Balaban J connectivity index is 1.92. The minimum Gasteiger partial charge on any atom is -0.408 e. The summed E-state index contributed by atoms with van der Waals surface area (Å²) in [5.74, 6) is -0.817. The molecule has 1 aromatic carbocycles. The molecule has 0 unspecified atom stereocenters. The summed E-state index contributed by atoms with van der Waals surface area (Å²) < 4.78 is 19.8. The molecule has 0 aliphatic carbocycles. The van der Waals surface area contributed by atoms with Crippen molar-refractivity contribution in [3.63, 3.8) is 0 Å². The molecule has 0 radical (unpaired) electrons. The van der Waals surface area contributed by atoms with Crippen LogP contribution in [0.5, 0.6) is 0 Å². The number of halogens is 1. The standard InChI is InChI=1S/C14H8FN3O2/c15-9-2-4-13-16-11(7-18(13)6-9)8-1-3-10-12(5-8)20-14(19)17-10/h1-7H,(H,17,19). The van der Waals surface area contributed by atoms with Crippen molar-refractivity contribution in [2.45, 2.75) is 0 Å². The van der Waals surface area contributed by atoms with Crippen LogP contribution in [0, 0.1) is 5.82 Å². The number of pyridine rings is 1. The van der Waals surface area contributed by atoms with E-state index in [0.29, 0.717) is 22.4 Å². The van der Waals surface area contributed by atoms with Crippen molar-refractivity contribution in [1.29, 1.82) is 0 Å². The number of aromatic amines is 1. The Morgan fingerprint density at radius 1 is 1.20 bits per heavy atom. The number of hydrogen-bond donors (Lipinski definition) is 1. The van der Waals surface area contributed by atoms with Gasteiger partial charge in [0.15, 0.2) is 5.58 Å². The van der Waals surface area contributed by atoms with Gasteiger partial charge in [-0.3, -0.25) is 4.98 Å². The third-order valence-corrected chi connectivity index (χ3v) is 3.13. The zero-order valence-corrected chi connectivity index (χ0v) is 10.1. The molecule has 0 fully saturated rings. The van der Waals surface area contributed by atoms with Crippen LogP contribution in [0.4, 0.5) is 4.39 Å². The molecule has 0 bridgehead atoms. The number of aromatic nitrogens is 3. The van der Waals surface area contributed by atoms with Crippen molar-refractivity contribution in [2.24, 2.45) is 0 Å². The van der Waals surface area contributed by atoms with Gasteiger partial charge in [-0.25, -0.2) is 14.2 Å². The van der Waals surface area contributed by atoms with Crippen LogP contribution < -0.4 is 5.76 Å². The molecule has 0 atom stereocenters. The van der Waals surface area contributed by atoms with Crippen molar-refractivity contribution in [1.82, 2.24) is 14.4 Å². The number of nitrogens with one attached hydrogen (secondary N) is 1. The molecule has 0 saturated carbocycles. The second-order valence-electron chi connectivity index (χ2n) is 4.46. The highest BCUT2D eigenvalue weighted by Crippen LogP contribution is 2.23. The predicted molar refractivity (Wildman–Crippen MR) is 71.0 cm³/mol. The van der Waals surface area contributed by atoms with E-state index in [2.05, 4.69) is 9.97 Å². The third-order valence-electron chi connectivity index (χ3n) is 3.13. The Bertz CT molecular complexity index is 996. The number of fused-ring (bicyclic) bond motifs is 2. The van der Waals surface area contributed by atoms with E-state index in [4.69, 9.17) is 4.42 Å². The molecule has 3 aromatic heterocycles. The van der Waals surface area contributed by atoms with E-state index in [1.807, 2.05) is 6.07 Å². The second kappa shape index (κ2) is 3.80. The highest BCUT2D eigenvalue weighted by Gasteiger charge is 2.08. The Morgan fingerprint density at radius 2 is 2.10 bits per heavy atom. The first-order valence-electron chi connectivity index (χ1n) is 5.96. The van der Waals surface area contributed by atoms with Crippen molar-refractivity contribution in [3.05, 3.63) is 59.1 Å². The van der Waals surface area contributed by atoms with Crippen molar-refractivity contribution in [2.75, 3.05) is 0 Å². The van der Waals surface area contributed by atoms with Gasteiger partial charge in [-0.05, 0) is 24.3 Å². The normalized spacial score (nSPS) is 11.4. The van der Waals surface area contributed by atoms with Gasteiger partial charge in [0.1, 0.15) is 11.5 Å². The highest BCUT2D eigenvalue weighted by molar-refractivity contribution is 5.79. The van der Waals surface area contributed by atoms with E-state index in [0.717, 1.165) is 5.56 Å². The quantitative estimate of drug-likeness (QED) is 0.577. The lowest BCUT2D eigenvalue weighted by Gasteiger charge is -1.94. The van der Waals surface area contributed by atoms with Crippen LogP contribution in [0.1, 0.15) is 0 Å². The molecule has 4 aromatic rings. The van der Waals surface area contributed by atoms with Gasteiger partial charge in [0.05, 0.1) is 11.2 Å². The molecule has 0 aliphatic rings. The molecule has 0 spiro atoms. The maximum Gasteiger partial charge on any atom is 0.417 e. The second-order valence-corrected chi connectivity index (χ2v) is 4.46. The van der Waals surface area contributed by atoms with E-state index in [-0.39, 0.29) is 5.82 Å². The van der Waals surface area contributed by atoms with Crippen LogP contribution >= 0.6 is 0 Å². The maximum absolute atomic E-state index is 13.2. The zero-order chi connectivity index (χ0) is 13.7. The summed E-state index contributed by atoms with van der Waals surface area (Å²) in [6, 6.07) is 8.27. The van der Waals surface area contributed by atoms with Crippen LogP contribution in [0.2, 0.25) is 0 Å². The van der Waals surface area contributed by atoms with Crippen LogP contribution in [-0.2, 0) is 0 Å². The van der Waals surface area contributed by atoms with Gasteiger partial charge in [0, 0.05) is 18.0 Å². The van der Waals surface area contributed by atoms with Crippen molar-refractivity contribution >= 4 is 16.7 Å². The monoisotopic (exact) mass is 269 g/mol. The minimum atomic E-state index is -0.491. The van der Waals surface area contributed by atoms with Crippen molar-refractivity contribution in [3.8, 4) is 11.3 Å². The van der Waals surface area contributed by atoms with Crippen LogP contribution in [0.3, 0.4) is 0 Å². The summed E-state index contributed by atoms with van der Waals surface area (Å²) in [6.07, 6.45) is 3.09. The lowest BCUT2D eigenvalue weighted by molar-refractivity contribution is 0.555. The van der Waals surface area contributed by atoms with E-state index in [1.165, 1.54) is 12.3 Å². The third kappa shape index (κ3) is 1.62. The molecule has 6 heteroatoms. The van der Waals surface area contributed by atoms with Gasteiger partial charge < -0.3 is 8.82 Å². The fourth-order valence-corrected chi connectivity index (χ4v) is 2.21. The number of H-pyrrole nitrogens is 1. The summed E-state index contributed by atoms with van der Waals surface area (Å²) in [5.41, 5.74) is 3.23. The van der Waals surface area contributed by atoms with Gasteiger partial charge in [-0.2, -0.15) is 0 Å². The lowest BCUT2D eigenvalue weighted by Crippen LogP contribution is -1.92. The largest absolute Gasteiger partial charge is 0.417 e. The average molecular weight is 269 g/mol. The minimum absolute atomic E-state index is 0.325. The Kier molecular flexibility index (Phi) is 2.09. The van der Waals surface area contributed by atoms with E-state index < -0.39 is 5.76 Å². The Hall–Kier alpha value is -2.89. The first-order chi connectivity index (χ1) is 9.69. The van der Waals surface area contributed by atoms with Gasteiger partial charge in [0.25, 0.3) is 0 Å². The number of rotatable bonds is 1. The topological polar surface area (TPSA) is 63.3 Å². The molecule has 0 amide bonds. The van der Waals surface area contributed by atoms with E-state index in [1.54, 1.807) is 28.8 Å². The fourth-order valence-electron chi connectivity index (χ4n) is 2.21. The zero-order valence-electron chi connectivity index (χ0n) is 10.1. The number of imidazole rings is 1. The molecule has 3 heterocycles. The SMILES string of the molecule is O=c1[nH]c2ccc(-c3cn4cc(F)ccc4n3)cc2o1. The van der Waals surface area contributed by atoms with Gasteiger partial charge in [-0.1, -0.05) is 6.07 Å². The van der Waals surface area contributed by atoms with E-state index in [9.17, 15) is 9.18 Å². The van der Waals surface area contributed by atoms with Crippen LogP contribution in [0.15, 0.2) is 51.9 Å². The van der Waals surface area contributed by atoms with Gasteiger partial charge >= 0.3 is 5.76 Å². The Morgan fingerprint density at radius 3 is 3.00 bits per heavy atom. The number of nitrogens with zero attached hydrogens (tertiary/aromatic N) is 2. The summed E-state index contributed by atoms with van der Waals surface area (Å²) >= 11 is 0. The van der Waals surface area contributed by atoms with Crippen LogP contribution in [-0.4, -0.2) is 14.4 Å². The lowest BCUT2D eigenvalue weighted by atomic mass is 10.1. The van der Waals surface area contributed by atoms with Gasteiger partial charge in [-0.15, -0.1) is 0 Å². The average Bonchev–Trinajstić information content (AvgIpc) is 2.99. The molecule has 20 heavy (non-hydrogen) atoms. The number of benzene rings is 1. The Labute approximate surface area is 111 Å². The van der Waals surface area contributed by atoms with Crippen LogP contribution in [0.25, 0.3) is 28.0 Å². The summed E-state index contributed by atoms with van der Waals surface area (Å²) in [7, 11) is 0. The van der Waals surface area contributed by atoms with Crippen molar-refractivity contribution < 1.29 is 8.81 Å². The van der Waals surface area contributed by atoms with Gasteiger partial charge in [0.2, 0.25) is 0 Å². The van der Waals surface area contributed by atoms with E-state index >= 15 is 0 Å². The predicted octanol–water partition coefficient (Wildman–Crippen LogP) is 2.57. The smallest absolute Gasteiger partial charge is 0.408 e. The first kappa shape index (κ1) is 11.0. The fraction of sp³-hybridized carbons (Fsp3) is 0. The molecule has 5 nitrogen and oxygen atoms in total. The highest BCUT2D eigenvalue weighted by atomic mass is 19.1. The number of hydrogen-bond acceptors (Lipinski definition) is 3. The maximum atomic E-state index is 13.2.